The summed E-state index contributed by atoms with van der Waals surface area (Å²) >= 11 is 1.91. The number of hydrogen-bond donors (Lipinski definition) is 0. The number of benzene rings is 1. The molecule has 1 aliphatic rings. The van der Waals surface area contributed by atoms with E-state index in [0.717, 1.165) is 19.5 Å². The van der Waals surface area contributed by atoms with E-state index in [1.54, 1.807) is 4.88 Å². The number of aromatic nitrogens is 1. The van der Waals surface area contributed by atoms with E-state index < -0.39 is 0 Å². The first-order valence-electron chi connectivity index (χ1n) is 8.16. The van der Waals surface area contributed by atoms with E-state index in [1.165, 1.54) is 23.1 Å². The highest BCUT2D eigenvalue weighted by molar-refractivity contribution is 7.10. The van der Waals surface area contributed by atoms with Crippen molar-refractivity contribution in [1.29, 1.82) is 0 Å². The summed E-state index contributed by atoms with van der Waals surface area (Å²) in [5.74, 6) is 0. The summed E-state index contributed by atoms with van der Waals surface area (Å²) in [5, 5.41) is 2.24. The second-order valence-corrected chi connectivity index (χ2v) is 7.00. The van der Waals surface area contributed by atoms with E-state index in [2.05, 4.69) is 63.8 Å². The minimum atomic E-state index is 0.396. The number of nitrogens with zero attached hydrogens (tertiary/aromatic N) is 2. The molecule has 0 N–H and O–H groups in total. The summed E-state index contributed by atoms with van der Waals surface area (Å²) in [6.45, 7) is 2.22. The van der Waals surface area contributed by atoms with E-state index in [0.29, 0.717) is 6.04 Å². The van der Waals surface area contributed by atoms with Crippen LogP contribution in [0.1, 0.15) is 27.6 Å². The van der Waals surface area contributed by atoms with Crippen LogP contribution in [0.4, 0.5) is 0 Å². The van der Waals surface area contributed by atoms with Crippen LogP contribution in [0.2, 0.25) is 0 Å². The third-order valence-corrected chi connectivity index (χ3v) is 5.61. The van der Waals surface area contributed by atoms with Crippen molar-refractivity contribution in [3.05, 3.63) is 87.9 Å². The Kier molecular flexibility index (Phi) is 4.22. The van der Waals surface area contributed by atoms with Gasteiger partial charge < -0.3 is 0 Å². The molecule has 0 saturated carbocycles. The van der Waals surface area contributed by atoms with Crippen LogP contribution in [0.3, 0.4) is 0 Å². The predicted octanol–water partition coefficient (Wildman–Crippen LogP) is 4.33. The van der Waals surface area contributed by atoms with Crippen molar-refractivity contribution in [1.82, 2.24) is 9.88 Å². The number of pyridine rings is 1. The molecule has 1 aliphatic heterocycles. The molecule has 0 unspecified atom stereocenters. The van der Waals surface area contributed by atoms with E-state index in [4.69, 9.17) is 0 Å². The molecule has 3 heteroatoms. The second-order valence-electron chi connectivity index (χ2n) is 6.00. The van der Waals surface area contributed by atoms with Gasteiger partial charge in [-0.15, -0.1) is 11.3 Å². The average molecular weight is 320 g/mol. The van der Waals surface area contributed by atoms with Gasteiger partial charge in [-0.2, -0.15) is 0 Å². The zero-order valence-electron chi connectivity index (χ0n) is 13.1. The molecular weight excluding hydrogens is 300 g/mol. The fraction of sp³-hybridized carbons (Fsp3) is 0.250. The molecule has 0 spiro atoms. The van der Waals surface area contributed by atoms with Crippen LogP contribution < -0.4 is 0 Å². The largest absolute Gasteiger partial charge is 0.292 e. The highest BCUT2D eigenvalue weighted by atomic mass is 32.1. The molecule has 1 atom stereocenters. The molecular formula is C20H20N2S. The minimum Gasteiger partial charge on any atom is -0.292 e. The molecule has 3 aromatic rings. The van der Waals surface area contributed by atoms with Crippen molar-refractivity contribution >= 4 is 11.3 Å². The Morgan fingerprint density at radius 1 is 1.04 bits per heavy atom. The van der Waals surface area contributed by atoms with Crippen LogP contribution in [0, 0.1) is 0 Å². The molecule has 0 fully saturated rings. The van der Waals surface area contributed by atoms with Crippen LogP contribution in [0.5, 0.6) is 0 Å². The standard InChI is InChI=1S/C20H20N2S/c1-2-4-17(5-3-1)20-18-10-15-23-19(18)9-14-22(20)13-8-16-6-11-21-12-7-16/h1-7,10-12,15,20H,8-9,13-14H2/t20-/m0/s1. The van der Waals surface area contributed by atoms with Crippen molar-refractivity contribution in [2.45, 2.75) is 18.9 Å². The van der Waals surface area contributed by atoms with Crippen molar-refractivity contribution < 1.29 is 0 Å². The zero-order valence-corrected chi connectivity index (χ0v) is 13.9. The number of thiophene rings is 1. The Bertz CT molecular complexity index is 752. The van der Waals surface area contributed by atoms with Gasteiger partial charge in [0.05, 0.1) is 6.04 Å². The molecule has 0 saturated heterocycles. The molecule has 23 heavy (non-hydrogen) atoms. The third kappa shape index (κ3) is 3.07. The summed E-state index contributed by atoms with van der Waals surface area (Å²) in [6, 6.07) is 17.9. The maximum absolute atomic E-state index is 4.11. The van der Waals surface area contributed by atoms with Crippen LogP contribution in [0.25, 0.3) is 0 Å². The predicted molar refractivity (Wildman–Crippen MR) is 95.8 cm³/mol. The fourth-order valence-corrected chi connectivity index (χ4v) is 4.36. The summed E-state index contributed by atoms with van der Waals surface area (Å²) in [7, 11) is 0. The van der Waals surface area contributed by atoms with Gasteiger partial charge in [-0.1, -0.05) is 30.3 Å². The maximum atomic E-state index is 4.11. The Morgan fingerprint density at radius 2 is 1.87 bits per heavy atom. The summed E-state index contributed by atoms with van der Waals surface area (Å²) in [6.07, 6.45) is 6.02. The first-order chi connectivity index (χ1) is 11.4. The first kappa shape index (κ1) is 14.6. The maximum Gasteiger partial charge on any atom is 0.0612 e. The van der Waals surface area contributed by atoms with Gasteiger partial charge >= 0.3 is 0 Å². The summed E-state index contributed by atoms with van der Waals surface area (Å²) < 4.78 is 0. The Morgan fingerprint density at radius 3 is 2.70 bits per heavy atom. The monoisotopic (exact) mass is 320 g/mol. The summed E-state index contributed by atoms with van der Waals surface area (Å²) in [4.78, 5) is 8.30. The lowest BCUT2D eigenvalue weighted by molar-refractivity contribution is 0.218. The number of rotatable bonds is 4. The molecule has 0 radical (unpaired) electrons. The molecule has 2 nitrogen and oxygen atoms in total. The SMILES string of the molecule is c1ccc([C@H]2c3ccsc3CCN2CCc2ccncc2)cc1. The highest BCUT2D eigenvalue weighted by Crippen LogP contribution is 2.37. The molecule has 0 amide bonds. The smallest absolute Gasteiger partial charge is 0.0612 e. The lowest BCUT2D eigenvalue weighted by Gasteiger charge is -2.36. The topological polar surface area (TPSA) is 16.1 Å². The van der Waals surface area contributed by atoms with Crippen LogP contribution in [-0.2, 0) is 12.8 Å². The van der Waals surface area contributed by atoms with Gasteiger partial charge in [-0.3, -0.25) is 9.88 Å². The van der Waals surface area contributed by atoms with Gasteiger partial charge in [-0.05, 0) is 53.1 Å². The molecule has 116 valence electrons. The van der Waals surface area contributed by atoms with Crippen molar-refractivity contribution in [3.8, 4) is 0 Å². The van der Waals surface area contributed by atoms with Crippen molar-refractivity contribution in [2.75, 3.05) is 13.1 Å². The Hall–Kier alpha value is -1.97. The quantitative estimate of drug-likeness (QED) is 0.711. The van der Waals surface area contributed by atoms with Crippen LogP contribution in [0.15, 0.2) is 66.3 Å². The average Bonchev–Trinajstić information content (AvgIpc) is 3.10. The van der Waals surface area contributed by atoms with Gasteiger partial charge in [0.1, 0.15) is 0 Å². The molecule has 0 aliphatic carbocycles. The Labute approximate surface area is 141 Å². The van der Waals surface area contributed by atoms with Gasteiger partial charge in [0, 0.05) is 30.4 Å². The molecule has 1 aromatic carbocycles. The van der Waals surface area contributed by atoms with Gasteiger partial charge in [-0.25, -0.2) is 0 Å². The first-order valence-corrected chi connectivity index (χ1v) is 9.04. The van der Waals surface area contributed by atoms with E-state index in [1.807, 2.05) is 23.7 Å². The minimum absolute atomic E-state index is 0.396. The second kappa shape index (κ2) is 6.65. The number of fused-ring (bicyclic) bond motifs is 1. The molecule has 4 rings (SSSR count). The highest BCUT2D eigenvalue weighted by Gasteiger charge is 2.29. The van der Waals surface area contributed by atoms with Crippen LogP contribution in [-0.4, -0.2) is 23.0 Å². The van der Waals surface area contributed by atoms with E-state index >= 15 is 0 Å². The lowest BCUT2D eigenvalue weighted by Crippen LogP contribution is -2.36. The van der Waals surface area contributed by atoms with Gasteiger partial charge in [0.2, 0.25) is 0 Å². The normalized spacial score (nSPS) is 17.8. The molecule has 3 heterocycles. The third-order valence-electron chi connectivity index (χ3n) is 4.62. The van der Waals surface area contributed by atoms with E-state index in [-0.39, 0.29) is 0 Å². The van der Waals surface area contributed by atoms with Crippen LogP contribution >= 0.6 is 11.3 Å². The summed E-state index contributed by atoms with van der Waals surface area (Å²) in [5.41, 5.74) is 4.27. The van der Waals surface area contributed by atoms with Crippen molar-refractivity contribution in [3.63, 3.8) is 0 Å². The van der Waals surface area contributed by atoms with E-state index in [9.17, 15) is 0 Å². The molecule has 0 bridgehead atoms. The van der Waals surface area contributed by atoms with Gasteiger partial charge in [0.25, 0.3) is 0 Å². The zero-order chi connectivity index (χ0) is 15.5. The lowest BCUT2D eigenvalue weighted by atomic mass is 9.93. The molecule has 2 aromatic heterocycles. The van der Waals surface area contributed by atoms with Crippen molar-refractivity contribution in [2.24, 2.45) is 0 Å². The Balaban J connectivity index is 1.60. The fourth-order valence-electron chi connectivity index (χ4n) is 3.46. The van der Waals surface area contributed by atoms with Gasteiger partial charge in [0.15, 0.2) is 0 Å². The number of hydrogen-bond acceptors (Lipinski definition) is 3.